The van der Waals surface area contributed by atoms with Crippen molar-refractivity contribution in [2.75, 3.05) is 20.7 Å². The number of unbranched alkanes of at least 4 members (excludes halogenated alkanes) is 2. The lowest BCUT2D eigenvalue weighted by atomic mass is 10.2. The van der Waals surface area contributed by atoms with E-state index in [0.29, 0.717) is 12.4 Å². The highest BCUT2D eigenvalue weighted by molar-refractivity contribution is 5.86. The van der Waals surface area contributed by atoms with Crippen molar-refractivity contribution in [3.05, 3.63) is 23.7 Å². The monoisotopic (exact) mass is 277 g/mol. The smallest absolute Gasteiger partial charge is 0.374 e. The fraction of sp³-hybridized carbons (Fsp3) is 0.562. The molecule has 4 heteroatoms. The highest BCUT2D eigenvalue weighted by Crippen LogP contribution is 2.21. The number of hydrogen-bond donors (Lipinski definition) is 0. The Morgan fingerprint density at radius 3 is 2.75 bits per heavy atom. The van der Waals surface area contributed by atoms with Gasteiger partial charge in [-0.25, -0.2) is 4.79 Å². The maximum Gasteiger partial charge on any atom is 0.374 e. The molecule has 0 aliphatic carbocycles. The summed E-state index contributed by atoms with van der Waals surface area (Å²) in [6, 6.07) is 3.28. The summed E-state index contributed by atoms with van der Waals surface area (Å²) in [6.45, 7) is 4.25. The van der Waals surface area contributed by atoms with Gasteiger partial charge in [0.05, 0.1) is 6.61 Å². The van der Waals surface area contributed by atoms with Crippen LogP contribution < -0.4 is 0 Å². The third-order valence-corrected chi connectivity index (χ3v) is 2.78. The molecule has 1 aromatic rings. The molecule has 0 aliphatic heterocycles. The average molecular weight is 277 g/mol. The summed E-state index contributed by atoms with van der Waals surface area (Å²) >= 11 is 0. The number of ether oxygens (including phenoxy) is 1. The molecule has 0 N–H and O–H groups in total. The zero-order chi connectivity index (χ0) is 15.0. The molecule has 0 amide bonds. The van der Waals surface area contributed by atoms with Crippen LogP contribution >= 0.6 is 0 Å². The van der Waals surface area contributed by atoms with Gasteiger partial charge in [-0.15, -0.1) is 5.92 Å². The molecule has 1 unspecified atom stereocenters. The molecule has 0 bridgehead atoms. The number of carbonyl (C=O) groups excluding carboxylic acids is 1. The molecule has 20 heavy (non-hydrogen) atoms. The topological polar surface area (TPSA) is 42.7 Å². The second-order valence-electron chi connectivity index (χ2n) is 4.71. The van der Waals surface area contributed by atoms with Gasteiger partial charge in [0.15, 0.2) is 0 Å². The number of rotatable bonds is 6. The first kappa shape index (κ1) is 16.3. The van der Waals surface area contributed by atoms with Crippen molar-refractivity contribution in [2.45, 2.75) is 39.2 Å². The number of nitrogens with zero attached hydrogens (tertiary/aromatic N) is 1. The maximum atomic E-state index is 11.6. The first-order valence-corrected chi connectivity index (χ1v) is 7.01. The lowest BCUT2D eigenvalue weighted by Crippen LogP contribution is -2.18. The van der Waals surface area contributed by atoms with E-state index in [1.54, 1.807) is 19.1 Å². The Kier molecular flexibility index (Phi) is 6.89. The first-order chi connectivity index (χ1) is 9.60. The fourth-order valence-corrected chi connectivity index (χ4v) is 1.70. The summed E-state index contributed by atoms with van der Waals surface area (Å²) in [5.41, 5.74) is 0. The van der Waals surface area contributed by atoms with Gasteiger partial charge in [0, 0.05) is 6.42 Å². The summed E-state index contributed by atoms with van der Waals surface area (Å²) in [5, 5.41) is 0. The van der Waals surface area contributed by atoms with Gasteiger partial charge in [0.2, 0.25) is 5.76 Å². The van der Waals surface area contributed by atoms with Gasteiger partial charge in [0.1, 0.15) is 11.8 Å². The molecule has 1 atom stereocenters. The van der Waals surface area contributed by atoms with Crippen LogP contribution in [0.3, 0.4) is 0 Å². The molecule has 0 saturated carbocycles. The molecule has 1 heterocycles. The van der Waals surface area contributed by atoms with Gasteiger partial charge in [-0.05, 0) is 39.6 Å². The number of carbonyl (C=O) groups is 1. The van der Waals surface area contributed by atoms with Gasteiger partial charge in [-0.2, -0.15) is 0 Å². The Balaban J connectivity index is 2.81. The van der Waals surface area contributed by atoms with E-state index in [4.69, 9.17) is 9.15 Å². The van der Waals surface area contributed by atoms with Crippen LogP contribution in [0.15, 0.2) is 16.5 Å². The van der Waals surface area contributed by atoms with E-state index in [1.165, 1.54) is 0 Å². The SMILES string of the molecule is CCCCC#CC(c1ccc(C(=O)OCC)o1)N(C)C. The lowest BCUT2D eigenvalue weighted by Gasteiger charge is -2.16. The summed E-state index contributed by atoms with van der Waals surface area (Å²) in [4.78, 5) is 13.5. The van der Waals surface area contributed by atoms with E-state index in [9.17, 15) is 4.79 Å². The summed E-state index contributed by atoms with van der Waals surface area (Å²) in [5.74, 6) is 6.81. The maximum absolute atomic E-state index is 11.6. The van der Waals surface area contributed by atoms with E-state index in [0.717, 1.165) is 19.3 Å². The predicted octanol–water partition coefficient (Wildman–Crippen LogP) is 3.25. The highest BCUT2D eigenvalue weighted by Gasteiger charge is 2.18. The molecule has 0 fully saturated rings. The minimum Gasteiger partial charge on any atom is -0.460 e. The summed E-state index contributed by atoms with van der Waals surface area (Å²) < 4.78 is 10.5. The minimum absolute atomic E-state index is 0.143. The molecular weight excluding hydrogens is 254 g/mol. The van der Waals surface area contributed by atoms with Crippen molar-refractivity contribution in [1.29, 1.82) is 0 Å². The van der Waals surface area contributed by atoms with E-state index >= 15 is 0 Å². The van der Waals surface area contributed by atoms with E-state index in [-0.39, 0.29) is 11.8 Å². The Hall–Kier alpha value is -1.73. The van der Waals surface area contributed by atoms with Crippen LogP contribution in [0, 0.1) is 11.8 Å². The van der Waals surface area contributed by atoms with Crippen LogP contribution in [0.4, 0.5) is 0 Å². The van der Waals surface area contributed by atoms with Crippen LogP contribution in [-0.4, -0.2) is 31.6 Å². The van der Waals surface area contributed by atoms with Crippen LogP contribution in [0.25, 0.3) is 0 Å². The molecular formula is C16H23NO3. The van der Waals surface area contributed by atoms with E-state index in [2.05, 4.69) is 18.8 Å². The molecule has 0 aliphatic rings. The van der Waals surface area contributed by atoms with Crippen molar-refractivity contribution in [2.24, 2.45) is 0 Å². The van der Waals surface area contributed by atoms with Crippen LogP contribution in [-0.2, 0) is 4.74 Å². The fourth-order valence-electron chi connectivity index (χ4n) is 1.70. The first-order valence-electron chi connectivity index (χ1n) is 7.01. The zero-order valence-corrected chi connectivity index (χ0v) is 12.7. The number of furan rings is 1. The Morgan fingerprint density at radius 2 is 2.15 bits per heavy atom. The normalized spacial score (nSPS) is 11.8. The third-order valence-electron chi connectivity index (χ3n) is 2.78. The second-order valence-corrected chi connectivity index (χ2v) is 4.71. The molecule has 1 rings (SSSR count). The zero-order valence-electron chi connectivity index (χ0n) is 12.7. The van der Waals surface area contributed by atoms with Crippen molar-refractivity contribution >= 4 is 5.97 Å². The Labute approximate surface area is 121 Å². The molecule has 4 nitrogen and oxygen atoms in total. The predicted molar refractivity (Wildman–Crippen MR) is 78.4 cm³/mol. The van der Waals surface area contributed by atoms with Gasteiger partial charge in [0.25, 0.3) is 0 Å². The Morgan fingerprint density at radius 1 is 1.40 bits per heavy atom. The second kappa shape index (κ2) is 8.44. The summed E-state index contributed by atoms with van der Waals surface area (Å²) in [6.07, 6.45) is 3.11. The number of hydrogen-bond acceptors (Lipinski definition) is 4. The van der Waals surface area contributed by atoms with Gasteiger partial charge < -0.3 is 9.15 Å². The molecule has 0 aromatic carbocycles. The highest BCUT2D eigenvalue weighted by atomic mass is 16.5. The van der Waals surface area contributed by atoms with E-state index in [1.807, 2.05) is 19.0 Å². The average Bonchev–Trinajstić information content (AvgIpc) is 2.88. The van der Waals surface area contributed by atoms with E-state index < -0.39 is 5.97 Å². The molecule has 0 spiro atoms. The van der Waals surface area contributed by atoms with Crippen LogP contribution in [0.1, 0.15) is 55.5 Å². The van der Waals surface area contributed by atoms with Crippen molar-refractivity contribution in [3.63, 3.8) is 0 Å². The quantitative estimate of drug-likeness (QED) is 0.455. The molecule has 0 radical (unpaired) electrons. The standard InChI is InChI=1S/C16H23NO3/c1-5-7-8-9-10-13(17(3)4)14-11-12-15(20-14)16(18)19-6-2/h11-13H,5-8H2,1-4H3. The minimum atomic E-state index is -0.435. The van der Waals surface area contributed by atoms with Gasteiger partial charge in [-0.3, -0.25) is 4.90 Å². The van der Waals surface area contributed by atoms with Crippen LogP contribution in [0.5, 0.6) is 0 Å². The molecule has 1 aromatic heterocycles. The van der Waals surface area contributed by atoms with Gasteiger partial charge >= 0.3 is 5.97 Å². The number of esters is 1. The van der Waals surface area contributed by atoms with Crippen molar-refractivity contribution in [3.8, 4) is 11.8 Å². The Bertz CT molecular complexity index is 479. The van der Waals surface area contributed by atoms with Gasteiger partial charge in [-0.1, -0.05) is 19.3 Å². The molecule has 110 valence electrons. The summed E-state index contributed by atoms with van der Waals surface area (Å²) in [7, 11) is 3.87. The third kappa shape index (κ3) is 4.75. The van der Waals surface area contributed by atoms with Crippen molar-refractivity contribution in [1.82, 2.24) is 4.90 Å². The van der Waals surface area contributed by atoms with Crippen LogP contribution in [0.2, 0.25) is 0 Å². The largest absolute Gasteiger partial charge is 0.460 e. The van der Waals surface area contributed by atoms with Crippen molar-refractivity contribution < 1.29 is 13.9 Å². The lowest BCUT2D eigenvalue weighted by molar-refractivity contribution is 0.0486. The molecule has 0 saturated heterocycles.